The largest absolute Gasteiger partial charge is 0.390 e. The van der Waals surface area contributed by atoms with Gasteiger partial charge >= 0.3 is 0 Å². The quantitative estimate of drug-likeness (QED) is 0.839. The molecular weight excluding hydrogens is 226 g/mol. The number of aromatic nitrogens is 2. The van der Waals surface area contributed by atoms with E-state index < -0.39 is 0 Å². The molecule has 3 rings (SSSR count). The van der Waals surface area contributed by atoms with Crippen LogP contribution < -0.4 is 5.32 Å². The first kappa shape index (κ1) is 11.4. The second-order valence-corrected chi connectivity index (χ2v) is 4.68. The van der Waals surface area contributed by atoms with E-state index in [2.05, 4.69) is 40.0 Å². The standard InChI is InChI=1S/C14H17N3O/c1-10-3-2-4-11(7-10)14-16-12(9-18)13-8-15-5-6-17(13)14/h2-4,7,15,18H,5-6,8-9H2,1H3. The van der Waals surface area contributed by atoms with Gasteiger partial charge in [-0.15, -0.1) is 0 Å². The Hall–Kier alpha value is -1.65. The number of aryl methyl sites for hydroxylation is 1. The van der Waals surface area contributed by atoms with Crippen molar-refractivity contribution in [2.75, 3.05) is 6.54 Å². The molecule has 1 aromatic heterocycles. The molecule has 1 aliphatic heterocycles. The van der Waals surface area contributed by atoms with Crippen molar-refractivity contribution in [3.8, 4) is 11.4 Å². The lowest BCUT2D eigenvalue weighted by Crippen LogP contribution is -2.28. The maximum Gasteiger partial charge on any atom is 0.140 e. The number of hydrogen-bond donors (Lipinski definition) is 2. The van der Waals surface area contributed by atoms with E-state index in [1.807, 2.05) is 6.07 Å². The van der Waals surface area contributed by atoms with Crippen molar-refractivity contribution >= 4 is 0 Å². The van der Waals surface area contributed by atoms with Crippen molar-refractivity contribution in [2.45, 2.75) is 26.6 Å². The molecule has 0 radical (unpaired) electrons. The second kappa shape index (κ2) is 4.55. The van der Waals surface area contributed by atoms with E-state index in [0.29, 0.717) is 0 Å². The van der Waals surface area contributed by atoms with Gasteiger partial charge in [0.15, 0.2) is 0 Å². The molecule has 4 heteroatoms. The minimum absolute atomic E-state index is 0.00281. The number of hydrogen-bond acceptors (Lipinski definition) is 3. The van der Waals surface area contributed by atoms with Gasteiger partial charge in [0.1, 0.15) is 5.82 Å². The number of rotatable bonds is 2. The molecule has 0 saturated carbocycles. The van der Waals surface area contributed by atoms with E-state index in [1.165, 1.54) is 5.56 Å². The summed E-state index contributed by atoms with van der Waals surface area (Å²) in [5.74, 6) is 0.972. The van der Waals surface area contributed by atoms with Gasteiger partial charge in [-0.05, 0) is 13.0 Å². The van der Waals surface area contributed by atoms with Crippen molar-refractivity contribution in [3.63, 3.8) is 0 Å². The number of fused-ring (bicyclic) bond motifs is 1. The molecule has 4 nitrogen and oxygen atoms in total. The minimum Gasteiger partial charge on any atom is -0.390 e. The SMILES string of the molecule is Cc1cccc(-c2nc(CO)c3n2CCNC3)c1. The van der Waals surface area contributed by atoms with E-state index in [-0.39, 0.29) is 6.61 Å². The van der Waals surface area contributed by atoms with Gasteiger partial charge in [-0.25, -0.2) is 4.98 Å². The molecule has 0 fully saturated rings. The first-order chi connectivity index (χ1) is 8.79. The summed E-state index contributed by atoms with van der Waals surface area (Å²) in [4.78, 5) is 4.59. The molecule has 0 aliphatic carbocycles. The molecule has 18 heavy (non-hydrogen) atoms. The second-order valence-electron chi connectivity index (χ2n) is 4.68. The summed E-state index contributed by atoms with van der Waals surface area (Å²) in [5.41, 5.74) is 4.25. The van der Waals surface area contributed by atoms with Gasteiger partial charge in [0, 0.05) is 25.2 Å². The van der Waals surface area contributed by atoms with Crippen LogP contribution in [0.5, 0.6) is 0 Å². The molecule has 0 saturated heterocycles. The highest BCUT2D eigenvalue weighted by Crippen LogP contribution is 2.24. The average molecular weight is 243 g/mol. The van der Waals surface area contributed by atoms with Crippen molar-refractivity contribution in [1.82, 2.24) is 14.9 Å². The Balaban J connectivity index is 2.14. The molecule has 0 spiro atoms. The Bertz CT molecular complexity index is 574. The predicted molar refractivity (Wildman–Crippen MR) is 70.0 cm³/mol. The number of aliphatic hydroxyl groups is 1. The molecule has 0 bridgehead atoms. The number of imidazole rings is 1. The van der Waals surface area contributed by atoms with Gasteiger partial charge in [0.25, 0.3) is 0 Å². The van der Waals surface area contributed by atoms with Crippen LogP contribution in [0.15, 0.2) is 24.3 Å². The average Bonchev–Trinajstić information content (AvgIpc) is 2.77. The van der Waals surface area contributed by atoms with Crippen LogP contribution in [-0.2, 0) is 19.7 Å². The number of nitrogens with one attached hydrogen (secondary N) is 1. The minimum atomic E-state index is 0.00281. The van der Waals surface area contributed by atoms with Crippen molar-refractivity contribution in [3.05, 3.63) is 41.2 Å². The molecule has 2 aromatic rings. The number of benzene rings is 1. The molecular formula is C14H17N3O. The Morgan fingerprint density at radius 3 is 3.11 bits per heavy atom. The Kier molecular flexibility index (Phi) is 2.89. The Labute approximate surface area is 106 Å². The summed E-state index contributed by atoms with van der Waals surface area (Å²) in [7, 11) is 0. The Morgan fingerprint density at radius 2 is 2.33 bits per heavy atom. The smallest absolute Gasteiger partial charge is 0.140 e. The van der Waals surface area contributed by atoms with E-state index >= 15 is 0 Å². The van der Waals surface area contributed by atoms with Crippen LogP contribution in [0.1, 0.15) is 17.0 Å². The Morgan fingerprint density at radius 1 is 1.44 bits per heavy atom. The van der Waals surface area contributed by atoms with Crippen LogP contribution in [0.3, 0.4) is 0 Å². The summed E-state index contributed by atoms with van der Waals surface area (Å²) in [6.45, 7) is 4.73. The van der Waals surface area contributed by atoms with Gasteiger partial charge in [-0.3, -0.25) is 0 Å². The van der Waals surface area contributed by atoms with E-state index in [0.717, 1.165) is 42.4 Å². The normalized spacial score (nSPS) is 14.6. The third kappa shape index (κ3) is 1.83. The van der Waals surface area contributed by atoms with Crippen molar-refractivity contribution < 1.29 is 5.11 Å². The predicted octanol–water partition coefficient (Wildman–Crippen LogP) is 1.45. The van der Waals surface area contributed by atoms with Gasteiger partial charge in [-0.2, -0.15) is 0 Å². The van der Waals surface area contributed by atoms with Crippen molar-refractivity contribution in [2.24, 2.45) is 0 Å². The van der Waals surface area contributed by atoms with Crippen LogP contribution in [-0.4, -0.2) is 21.2 Å². The summed E-state index contributed by atoms with van der Waals surface area (Å²) >= 11 is 0. The molecule has 1 aromatic carbocycles. The summed E-state index contributed by atoms with van der Waals surface area (Å²) < 4.78 is 2.22. The highest BCUT2D eigenvalue weighted by Gasteiger charge is 2.19. The van der Waals surface area contributed by atoms with Crippen LogP contribution in [0.4, 0.5) is 0 Å². The first-order valence-corrected chi connectivity index (χ1v) is 6.26. The lowest BCUT2D eigenvalue weighted by atomic mass is 10.1. The molecule has 2 heterocycles. The zero-order valence-corrected chi connectivity index (χ0v) is 10.5. The third-order valence-electron chi connectivity index (χ3n) is 3.39. The molecule has 0 amide bonds. The fraction of sp³-hybridized carbons (Fsp3) is 0.357. The third-order valence-corrected chi connectivity index (χ3v) is 3.39. The molecule has 2 N–H and O–H groups in total. The van der Waals surface area contributed by atoms with E-state index in [1.54, 1.807) is 0 Å². The van der Waals surface area contributed by atoms with Gasteiger partial charge in [0.05, 0.1) is 18.0 Å². The zero-order chi connectivity index (χ0) is 12.5. The number of aliphatic hydroxyl groups excluding tert-OH is 1. The highest BCUT2D eigenvalue weighted by atomic mass is 16.3. The lowest BCUT2D eigenvalue weighted by Gasteiger charge is -2.18. The van der Waals surface area contributed by atoms with E-state index in [9.17, 15) is 5.11 Å². The maximum absolute atomic E-state index is 9.40. The fourth-order valence-electron chi connectivity index (χ4n) is 2.50. The van der Waals surface area contributed by atoms with Crippen LogP contribution in [0.25, 0.3) is 11.4 Å². The molecule has 0 unspecified atom stereocenters. The van der Waals surface area contributed by atoms with Crippen molar-refractivity contribution in [1.29, 1.82) is 0 Å². The maximum atomic E-state index is 9.40. The van der Waals surface area contributed by atoms with Gasteiger partial charge in [-0.1, -0.05) is 23.8 Å². The summed E-state index contributed by atoms with van der Waals surface area (Å²) in [6, 6.07) is 8.34. The fourth-order valence-corrected chi connectivity index (χ4v) is 2.50. The van der Waals surface area contributed by atoms with Crippen LogP contribution >= 0.6 is 0 Å². The van der Waals surface area contributed by atoms with Gasteiger partial charge < -0.3 is 15.0 Å². The van der Waals surface area contributed by atoms with Crippen LogP contribution in [0, 0.1) is 6.92 Å². The molecule has 94 valence electrons. The summed E-state index contributed by atoms with van der Waals surface area (Å²) in [6.07, 6.45) is 0. The first-order valence-electron chi connectivity index (χ1n) is 6.26. The van der Waals surface area contributed by atoms with E-state index in [4.69, 9.17) is 0 Å². The van der Waals surface area contributed by atoms with Crippen LogP contribution in [0.2, 0.25) is 0 Å². The molecule has 0 atom stereocenters. The zero-order valence-electron chi connectivity index (χ0n) is 10.5. The topological polar surface area (TPSA) is 50.1 Å². The van der Waals surface area contributed by atoms with Gasteiger partial charge in [0.2, 0.25) is 0 Å². The number of nitrogens with zero attached hydrogens (tertiary/aromatic N) is 2. The summed E-state index contributed by atoms with van der Waals surface area (Å²) in [5, 5.41) is 12.7. The lowest BCUT2D eigenvalue weighted by molar-refractivity contribution is 0.275. The highest BCUT2D eigenvalue weighted by molar-refractivity contribution is 5.58. The molecule has 1 aliphatic rings. The monoisotopic (exact) mass is 243 g/mol.